The molecule has 3 heterocycles. The molecule has 4 N–H and O–H groups in total. The monoisotopic (exact) mass is 1020 g/mol. The van der Waals surface area contributed by atoms with E-state index in [0.29, 0.717) is 12.8 Å². The van der Waals surface area contributed by atoms with Crippen LogP contribution < -0.4 is 0 Å². The molecule has 0 aromatic heterocycles. The molecular weight excluding hydrogens is 949 g/mol. The zero-order valence-electron chi connectivity index (χ0n) is 43.0. The van der Waals surface area contributed by atoms with Crippen LogP contribution >= 0.6 is 0 Å². The topological polar surface area (TPSA) is 241 Å². The zero-order chi connectivity index (χ0) is 52.6. The van der Waals surface area contributed by atoms with Gasteiger partial charge in [-0.15, -0.1) is 0 Å². The molecule has 0 bridgehead atoms. The highest BCUT2D eigenvalue weighted by molar-refractivity contribution is 5.95. The summed E-state index contributed by atoms with van der Waals surface area (Å²) >= 11 is 0. The summed E-state index contributed by atoms with van der Waals surface area (Å²) in [5.41, 5.74) is -6.27. The fourth-order valence-corrected chi connectivity index (χ4v) is 12.4. The molecule has 6 aliphatic rings. The largest absolute Gasteiger partial charge is 0.458 e. The molecule has 2 aromatic carbocycles. The fourth-order valence-electron chi connectivity index (χ4n) is 12.4. The molecule has 2 saturated carbocycles. The molecule has 18 nitrogen and oxygen atoms in total. The lowest BCUT2D eigenvalue weighted by Crippen LogP contribution is -2.63. The van der Waals surface area contributed by atoms with Crippen LogP contribution in [0.2, 0.25) is 0 Å². The van der Waals surface area contributed by atoms with Gasteiger partial charge in [0.15, 0.2) is 24.7 Å². The number of hydrogen-bond donors (Lipinski definition) is 4. The van der Waals surface area contributed by atoms with Crippen molar-refractivity contribution in [1.82, 2.24) is 0 Å². The number of aliphatic hydroxyl groups is 4. The van der Waals surface area contributed by atoms with Gasteiger partial charge in [-0.2, -0.15) is 0 Å². The second-order valence-corrected chi connectivity index (χ2v) is 21.4. The number of esters is 2. The van der Waals surface area contributed by atoms with E-state index in [-0.39, 0.29) is 61.9 Å². The van der Waals surface area contributed by atoms with Gasteiger partial charge >= 0.3 is 11.9 Å². The van der Waals surface area contributed by atoms with Crippen molar-refractivity contribution < 1.29 is 87.0 Å². The molecular formula is C55H74O18. The first-order valence-corrected chi connectivity index (χ1v) is 25.7. The number of methoxy groups -OCH3 is 2. The quantitative estimate of drug-likeness (QED) is 0.163. The molecule has 3 aliphatic carbocycles. The molecule has 402 valence electrons. The maximum Gasteiger partial charge on any atom is 0.338 e. The Kier molecular flexibility index (Phi) is 16.9. The predicted molar refractivity (Wildman–Crippen MR) is 259 cm³/mol. The van der Waals surface area contributed by atoms with E-state index in [1.165, 1.54) is 33.1 Å². The molecule has 73 heavy (non-hydrogen) atoms. The van der Waals surface area contributed by atoms with E-state index in [1.807, 2.05) is 6.92 Å². The van der Waals surface area contributed by atoms with Gasteiger partial charge in [0, 0.05) is 57.7 Å². The number of allylic oxidation sites excluding steroid dienone is 1. The van der Waals surface area contributed by atoms with E-state index in [1.54, 1.807) is 88.5 Å². The van der Waals surface area contributed by atoms with Gasteiger partial charge < -0.3 is 67.8 Å². The average molecular weight is 1020 g/mol. The van der Waals surface area contributed by atoms with Crippen LogP contribution in [0.15, 0.2) is 72.8 Å². The summed E-state index contributed by atoms with van der Waals surface area (Å²) in [6.07, 6.45) is -7.57. The van der Waals surface area contributed by atoms with Crippen molar-refractivity contribution in [2.24, 2.45) is 16.7 Å². The highest BCUT2D eigenvalue weighted by atomic mass is 16.7. The Bertz CT molecular complexity index is 2270. The average Bonchev–Trinajstić information content (AvgIpc) is 3.61. The minimum atomic E-state index is -2.03. The highest BCUT2D eigenvalue weighted by Gasteiger charge is 2.67. The summed E-state index contributed by atoms with van der Waals surface area (Å²) in [4.78, 5) is 55.8. The second kappa shape index (κ2) is 22.3. The third-order valence-electron chi connectivity index (χ3n) is 17.2. The molecule has 0 spiro atoms. The SMILES string of the molecule is COC1CC(OC2C(C)OC(OC3C(O)CC(OC4CCC5(C)C(CC(OC(=O)c6ccccc6)C6(C)C(=O)CCC6(O)C(C)OC(=O)c6ccccc6)C(=O)C=CC5(O)C4)OC3C)CC2OC)OC(C)C1O. The Hall–Kier alpha value is -4.02. The Morgan fingerprint density at radius 1 is 0.726 bits per heavy atom. The first kappa shape index (κ1) is 55.2. The lowest BCUT2D eigenvalue weighted by Gasteiger charge is -2.56. The van der Waals surface area contributed by atoms with Crippen molar-refractivity contribution >= 4 is 23.5 Å². The number of Topliss-reactive ketones (excluding diaryl/α,β-unsaturated/α-hetero) is 1. The zero-order valence-corrected chi connectivity index (χ0v) is 43.0. The smallest absolute Gasteiger partial charge is 0.338 e. The van der Waals surface area contributed by atoms with Crippen molar-refractivity contribution in [3.8, 4) is 0 Å². The molecule has 8 rings (SSSR count). The van der Waals surface area contributed by atoms with Gasteiger partial charge in [-0.3, -0.25) is 9.59 Å². The summed E-state index contributed by atoms with van der Waals surface area (Å²) < 4.78 is 61.1. The van der Waals surface area contributed by atoms with Crippen LogP contribution in [0.5, 0.6) is 0 Å². The van der Waals surface area contributed by atoms with Crippen molar-refractivity contribution in [2.45, 2.75) is 203 Å². The molecule has 20 atom stereocenters. The Balaban J connectivity index is 0.931. The molecule has 5 fully saturated rings. The van der Waals surface area contributed by atoms with Crippen LogP contribution in [-0.2, 0) is 57.0 Å². The summed E-state index contributed by atoms with van der Waals surface area (Å²) in [6, 6.07) is 16.4. The summed E-state index contributed by atoms with van der Waals surface area (Å²) in [5, 5.41) is 47.3. The molecule has 2 aromatic rings. The number of ether oxygens (including phenoxy) is 10. The number of carbonyl (C=O) groups excluding carboxylic acids is 4. The van der Waals surface area contributed by atoms with Crippen LogP contribution in [0.25, 0.3) is 0 Å². The van der Waals surface area contributed by atoms with E-state index < -0.39 is 138 Å². The third-order valence-corrected chi connectivity index (χ3v) is 17.2. The summed E-state index contributed by atoms with van der Waals surface area (Å²) in [6.45, 7) is 10.2. The van der Waals surface area contributed by atoms with Crippen LogP contribution in [0.3, 0.4) is 0 Å². The van der Waals surface area contributed by atoms with Crippen molar-refractivity contribution in [1.29, 1.82) is 0 Å². The number of benzene rings is 2. The van der Waals surface area contributed by atoms with Gasteiger partial charge in [0.1, 0.15) is 41.9 Å². The van der Waals surface area contributed by atoms with Crippen LogP contribution in [0.4, 0.5) is 0 Å². The number of ketones is 2. The Morgan fingerprint density at radius 3 is 1.88 bits per heavy atom. The fraction of sp³-hybridized carbons (Fsp3) is 0.673. The number of rotatable bonds is 16. The van der Waals surface area contributed by atoms with Crippen LogP contribution in [0, 0.1) is 16.7 Å². The van der Waals surface area contributed by atoms with E-state index >= 15 is 0 Å². The predicted octanol–water partition coefficient (Wildman–Crippen LogP) is 4.94. The van der Waals surface area contributed by atoms with E-state index in [4.69, 9.17) is 47.4 Å². The number of fused-ring (bicyclic) bond motifs is 1. The van der Waals surface area contributed by atoms with Crippen LogP contribution in [0.1, 0.15) is 120 Å². The molecule has 0 radical (unpaired) electrons. The molecule has 20 unspecified atom stereocenters. The summed E-state index contributed by atoms with van der Waals surface area (Å²) in [7, 11) is 3.11. The Labute approximate surface area is 426 Å². The van der Waals surface area contributed by atoms with E-state index in [2.05, 4.69) is 0 Å². The van der Waals surface area contributed by atoms with Crippen molar-refractivity contribution in [3.63, 3.8) is 0 Å². The minimum Gasteiger partial charge on any atom is -0.458 e. The first-order chi connectivity index (χ1) is 34.6. The maximum atomic E-state index is 14.3. The molecule has 3 saturated heterocycles. The van der Waals surface area contributed by atoms with Crippen molar-refractivity contribution in [3.05, 3.63) is 83.9 Å². The lowest BCUT2D eigenvalue weighted by molar-refractivity contribution is -0.338. The first-order valence-electron chi connectivity index (χ1n) is 25.7. The molecule has 18 heteroatoms. The van der Waals surface area contributed by atoms with Gasteiger partial charge in [0.05, 0.1) is 64.9 Å². The number of carbonyl (C=O) groups is 4. The van der Waals surface area contributed by atoms with E-state index in [9.17, 15) is 39.6 Å². The second-order valence-electron chi connectivity index (χ2n) is 21.4. The van der Waals surface area contributed by atoms with Gasteiger partial charge in [0.2, 0.25) is 0 Å². The molecule has 3 aliphatic heterocycles. The number of aliphatic hydroxyl groups excluding tert-OH is 2. The van der Waals surface area contributed by atoms with Gasteiger partial charge in [-0.05, 0) is 96.7 Å². The van der Waals surface area contributed by atoms with Gasteiger partial charge in [-0.25, -0.2) is 9.59 Å². The number of hydrogen-bond acceptors (Lipinski definition) is 18. The molecule has 0 amide bonds. The van der Waals surface area contributed by atoms with Gasteiger partial charge in [-0.1, -0.05) is 43.3 Å². The minimum absolute atomic E-state index is 0.0437. The Morgan fingerprint density at radius 2 is 1.27 bits per heavy atom. The normalized spacial score (nSPS) is 41.6. The van der Waals surface area contributed by atoms with E-state index in [0.717, 1.165) is 0 Å². The lowest BCUT2D eigenvalue weighted by atomic mass is 9.52. The maximum absolute atomic E-state index is 14.3. The standard InChI is InChI=1S/C55H74O18/c1-30-47(59)40(64-7)27-45(66-30)73-49-32(3)68-46(28-41(49)65-8)72-48-31(2)67-44(26-39(48)57)70-36-19-22-52(5)37(38(56)20-23-54(52,62)29-36)25-43(71-51(61)35-17-13-10-14-18-35)53(6)42(58)21-24-55(53,63)33(4)69-50(60)34-15-11-9-12-16-34/h9-18,20,23,30-33,36-37,39-41,43-49,57,59,62-63H,19,21-22,24-29H2,1-8H3. The van der Waals surface area contributed by atoms with Gasteiger partial charge in [0.25, 0.3) is 0 Å². The highest BCUT2D eigenvalue weighted by Crippen LogP contribution is 2.58. The third kappa shape index (κ3) is 10.9. The van der Waals surface area contributed by atoms with Crippen molar-refractivity contribution in [2.75, 3.05) is 14.2 Å². The summed E-state index contributed by atoms with van der Waals surface area (Å²) in [5.74, 6) is -3.28. The van der Waals surface area contributed by atoms with Crippen LogP contribution in [-0.4, -0.2) is 161 Å².